The first kappa shape index (κ1) is 14.1. The summed E-state index contributed by atoms with van der Waals surface area (Å²) >= 11 is 0. The molecule has 0 atom stereocenters. The van der Waals surface area contributed by atoms with E-state index in [2.05, 4.69) is 15.5 Å². The fourth-order valence-electron chi connectivity index (χ4n) is 3.10. The van der Waals surface area contributed by atoms with Crippen LogP contribution in [0.2, 0.25) is 0 Å². The van der Waals surface area contributed by atoms with Crippen LogP contribution in [0.5, 0.6) is 0 Å². The second kappa shape index (κ2) is 5.31. The summed E-state index contributed by atoms with van der Waals surface area (Å²) in [5.41, 5.74) is 0.0816. The van der Waals surface area contributed by atoms with Gasteiger partial charge < -0.3 is 19.5 Å². The van der Waals surface area contributed by atoms with E-state index in [9.17, 15) is 9.59 Å². The number of hydrogen-bond acceptors (Lipinski definition) is 6. The Morgan fingerprint density at radius 1 is 1.35 bits per heavy atom. The smallest absolute Gasteiger partial charge is 0.293 e. The molecule has 120 valence electrons. The third-order valence-electron chi connectivity index (χ3n) is 4.53. The SMILES string of the molecule is O=C1COC2(CCN(C(=O)c3onc4ncccc34)CC2)CN1. The van der Waals surface area contributed by atoms with Gasteiger partial charge in [0.05, 0.1) is 11.0 Å². The summed E-state index contributed by atoms with van der Waals surface area (Å²) in [5.74, 6) is -0.0492. The molecular weight excluding hydrogens is 300 g/mol. The Kier molecular flexibility index (Phi) is 3.26. The summed E-state index contributed by atoms with van der Waals surface area (Å²) in [6.07, 6.45) is 2.98. The predicted octanol–water partition coefficient (Wildman–Crippen LogP) is 0.344. The van der Waals surface area contributed by atoms with E-state index in [1.807, 2.05) is 0 Å². The standard InChI is InChI=1S/C15H16N4O4/c20-11-8-22-15(9-17-11)3-6-19(7-4-15)14(21)12-10-2-1-5-16-13(10)18-23-12/h1-2,5H,3-4,6-9H2,(H,17,20). The van der Waals surface area contributed by atoms with E-state index in [4.69, 9.17) is 9.26 Å². The van der Waals surface area contributed by atoms with Gasteiger partial charge in [0.2, 0.25) is 17.3 Å². The third-order valence-corrected chi connectivity index (χ3v) is 4.53. The highest BCUT2D eigenvalue weighted by molar-refractivity contribution is 6.02. The van der Waals surface area contributed by atoms with Gasteiger partial charge in [-0.25, -0.2) is 4.98 Å². The monoisotopic (exact) mass is 316 g/mol. The van der Waals surface area contributed by atoms with Gasteiger partial charge in [-0.05, 0) is 25.0 Å². The lowest BCUT2D eigenvalue weighted by atomic mass is 9.90. The Morgan fingerprint density at radius 2 is 2.17 bits per heavy atom. The summed E-state index contributed by atoms with van der Waals surface area (Å²) in [6, 6.07) is 3.53. The number of hydrogen-bond donors (Lipinski definition) is 1. The molecule has 0 aliphatic carbocycles. The van der Waals surface area contributed by atoms with Crippen LogP contribution < -0.4 is 5.32 Å². The van der Waals surface area contributed by atoms with Crippen molar-refractivity contribution in [1.29, 1.82) is 0 Å². The maximum absolute atomic E-state index is 12.7. The predicted molar refractivity (Wildman–Crippen MR) is 78.6 cm³/mol. The van der Waals surface area contributed by atoms with Gasteiger partial charge in [-0.15, -0.1) is 0 Å². The largest absolute Gasteiger partial charge is 0.363 e. The van der Waals surface area contributed by atoms with Crippen LogP contribution in [-0.4, -0.2) is 58.7 Å². The van der Waals surface area contributed by atoms with Crippen LogP contribution in [0.15, 0.2) is 22.9 Å². The first-order valence-electron chi connectivity index (χ1n) is 7.57. The number of likely N-dealkylation sites (tertiary alicyclic amines) is 1. The third kappa shape index (κ3) is 2.44. The van der Waals surface area contributed by atoms with E-state index in [1.165, 1.54) is 0 Å². The second-order valence-electron chi connectivity index (χ2n) is 5.93. The molecule has 1 spiro atoms. The maximum Gasteiger partial charge on any atom is 0.293 e. The van der Waals surface area contributed by atoms with Gasteiger partial charge in [-0.1, -0.05) is 5.16 Å². The number of nitrogens with one attached hydrogen (secondary N) is 1. The number of pyridine rings is 1. The summed E-state index contributed by atoms with van der Waals surface area (Å²) in [5, 5.41) is 7.28. The Labute approximate surface area is 131 Å². The number of morpholine rings is 1. The maximum atomic E-state index is 12.7. The van der Waals surface area contributed by atoms with Crippen molar-refractivity contribution < 1.29 is 18.8 Å². The lowest BCUT2D eigenvalue weighted by Gasteiger charge is -2.43. The number of rotatable bonds is 1. The molecule has 2 aromatic heterocycles. The van der Waals surface area contributed by atoms with Crippen molar-refractivity contribution in [2.45, 2.75) is 18.4 Å². The van der Waals surface area contributed by atoms with Gasteiger partial charge in [-0.2, -0.15) is 0 Å². The highest BCUT2D eigenvalue weighted by Crippen LogP contribution is 2.29. The van der Waals surface area contributed by atoms with E-state index < -0.39 is 0 Å². The van der Waals surface area contributed by atoms with Gasteiger partial charge >= 0.3 is 0 Å². The Hall–Kier alpha value is -2.48. The van der Waals surface area contributed by atoms with Crippen LogP contribution in [0.4, 0.5) is 0 Å². The molecule has 0 radical (unpaired) electrons. The molecule has 2 amide bonds. The molecule has 2 fully saturated rings. The topological polar surface area (TPSA) is 97.6 Å². The summed E-state index contributed by atoms with van der Waals surface area (Å²) in [7, 11) is 0. The molecular formula is C15H16N4O4. The second-order valence-corrected chi connectivity index (χ2v) is 5.93. The van der Waals surface area contributed by atoms with E-state index >= 15 is 0 Å². The minimum atomic E-state index is -0.351. The van der Waals surface area contributed by atoms with Crippen molar-refractivity contribution in [3.63, 3.8) is 0 Å². The molecule has 2 aliphatic rings. The summed E-state index contributed by atoms with van der Waals surface area (Å²) < 4.78 is 10.9. The number of aromatic nitrogens is 2. The summed E-state index contributed by atoms with van der Waals surface area (Å²) in [6.45, 7) is 1.70. The van der Waals surface area contributed by atoms with Gasteiger partial charge in [-0.3, -0.25) is 9.59 Å². The average molecular weight is 316 g/mol. The number of nitrogens with zero attached hydrogens (tertiary/aromatic N) is 3. The number of carbonyl (C=O) groups excluding carboxylic acids is 2. The van der Waals surface area contributed by atoms with Crippen molar-refractivity contribution in [3.8, 4) is 0 Å². The van der Waals surface area contributed by atoms with Crippen molar-refractivity contribution in [1.82, 2.24) is 20.4 Å². The van der Waals surface area contributed by atoms with Crippen molar-refractivity contribution >= 4 is 22.8 Å². The van der Waals surface area contributed by atoms with E-state index in [0.29, 0.717) is 43.5 Å². The molecule has 0 saturated carbocycles. The molecule has 2 aliphatic heterocycles. The lowest BCUT2D eigenvalue weighted by molar-refractivity contribution is -0.149. The molecule has 1 N–H and O–H groups in total. The Bertz CT molecular complexity index is 752. The van der Waals surface area contributed by atoms with E-state index in [1.54, 1.807) is 23.2 Å². The van der Waals surface area contributed by atoms with Gasteiger partial charge in [0, 0.05) is 25.8 Å². The molecule has 0 aromatic carbocycles. The first-order valence-corrected chi connectivity index (χ1v) is 7.57. The zero-order valence-electron chi connectivity index (χ0n) is 12.4. The normalized spacial score (nSPS) is 20.7. The Morgan fingerprint density at radius 3 is 2.91 bits per heavy atom. The average Bonchev–Trinajstić information content (AvgIpc) is 3.02. The molecule has 4 rings (SSSR count). The molecule has 4 heterocycles. The van der Waals surface area contributed by atoms with Crippen LogP contribution in [0.25, 0.3) is 11.0 Å². The molecule has 0 bridgehead atoms. The first-order chi connectivity index (χ1) is 11.2. The zero-order chi connectivity index (χ0) is 15.9. The van der Waals surface area contributed by atoms with Crippen LogP contribution in [0.3, 0.4) is 0 Å². The van der Waals surface area contributed by atoms with Gasteiger partial charge in [0.1, 0.15) is 6.61 Å². The van der Waals surface area contributed by atoms with Crippen LogP contribution in [0, 0.1) is 0 Å². The highest BCUT2D eigenvalue weighted by atomic mass is 16.5. The number of piperidine rings is 1. The van der Waals surface area contributed by atoms with Crippen molar-refractivity contribution in [3.05, 3.63) is 24.1 Å². The van der Waals surface area contributed by atoms with Crippen LogP contribution >= 0.6 is 0 Å². The lowest BCUT2D eigenvalue weighted by Crippen LogP contribution is -2.58. The molecule has 23 heavy (non-hydrogen) atoms. The van der Waals surface area contributed by atoms with Crippen molar-refractivity contribution in [2.75, 3.05) is 26.2 Å². The fraction of sp³-hybridized carbons (Fsp3) is 0.467. The minimum Gasteiger partial charge on any atom is -0.363 e. The minimum absolute atomic E-state index is 0.0882. The van der Waals surface area contributed by atoms with Gasteiger partial charge in [0.15, 0.2) is 0 Å². The van der Waals surface area contributed by atoms with Crippen LogP contribution in [-0.2, 0) is 9.53 Å². The zero-order valence-corrected chi connectivity index (χ0v) is 12.4. The van der Waals surface area contributed by atoms with E-state index in [-0.39, 0.29) is 29.8 Å². The van der Waals surface area contributed by atoms with Crippen molar-refractivity contribution in [2.24, 2.45) is 0 Å². The van der Waals surface area contributed by atoms with Gasteiger partial charge in [0.25, 0.3) is 5.91 Å². The number of ether oxygens (including phenoxy) is 1. The molecule has 2 saturated heterocycles. The number of carbonyl (C=O) groups is 2. The fourth-order valence-corrected chi connectivity index (χ4v) is 3.10. The van der Waals surface area contributed by atoms with E-state index in [0.717, 1.165) is 0 Å². The molecule has 2 aromatic rings. The van der Waals surface area contributed by atoms with Crippen LogP contribution in [0.1, 0.15) is 23.4 Å². The quantitative estimate of drug-likeness (QED) is 0.815. The molecule has 8 heteroatoms. The highest BCUT2D eigenvalue weighted by Gasteiger charge is 2.40. The molecule has 0 unspecified atom stereocenters. The number of fused-ring (bicyclic) bond motifs is 1. The summed E-state index contributed by atoms with van der Waals surface area (Å²) in [4.78, 5) is 29.7. The number of amides is 2. The molecule has 8 nitrogen and oxygen atoms in total. The Balaban J connectivity index is 1.48.